The minimum Gasteiger partial charge on any atom is -0.306 e. The maximum atomic E-state index is 7.98. The molecule has 2 aliphatic rings. The van der Waals surface area contributed by atoms with Gasteiger partial charge in [-0.25, -0.2) is 5.43 Å². The van der Waals surface area contributed by atoms with Crippen LogP contribution < -0.4 is 37.0 Å². The van der Waals surface area contributed by atoms with Gasteiger partial charge in [-0.05, 0) is 137 Å². The molecule has 7 nitrogen and oxygen atoms in total. The average molecular weight is 1210 g/mol. The lowest BCUT2D eigenvalue weighted by Crippen LogP contribution is -2.53. The van der Waals surface area contributed by atoms with Crippen LogP contribution in [0.4, 0.5) is 45.5 Å². The van der Waals surface area contributed by atoms with E-state index in [0.717, 1.165) is 145 Å². The highest BCUT2D eigenvalue weighted by molar-refractivity contribution is 6.22. The van der Waals surface area contributed by atoms with Gasteiger partial charge in [0.25, 0.3) is 0 Å². The standard InChI is InChI=1S/C87H67N7/c1-91-86(88)80-54-62(43-47-72(80)74-50-45-70(56-82(74)86)93(64-26-8-2-9-27-64,65-28-10-3-11-29-65)66-30-12-4-13-31-66)84-76-38-22-23-39-77(76)85(79-53-61(42-49-78(79)84)60-41-40-58-24-20-21-25-59(58)52-60)63-44-48-73-75-51-46-71(57-83(75)87(89,92-90)81(73)55-63)94(67-32-14-5-15-33-67,68-34-16-6-17-35-68)69-36-18-7-19-37-69/h2-57,91-92H,88-90H2,1H3/q+2. The van der Waals surface area contributed by atoms with E-state index in [2.05, 4.69) is 350 Å². The van der Waals surface area contributed by atoms with Gasteiger partial charge in [0.1, 0.15) is 56.8 Å². The van der Waals surface area contributed by atoms with Crippen molar-refractivity contribution in [1.82, 2.24) is 19.7 Å². The molecule has 0 spiro atoms. The van der Waals surface area contributed by atoms with Crippen LogP contribution in [0, 0.1) is 0 Å². The first-order valence-corrected chi connectivity index (χ1v) is 32.2. The number of quaternary nitrogens is 2. The Labute approximate surface area is 547 Å². The molecule has 0 fully saturated rings. The first kappa shape index (κ1) is 56.8. The summed E-state index contributed by atoms with van der Waals surface area (Å²) in [6.45, 7) is 0. The molecule has 448 valence electrons. The number of benzene rings is 15. The normalized spacial score (nSPS) is 15.6. The quantitative estimate of drug-likeness (QED) is 0.0260. The van der Waals surface area contributed by atoms with Crippen LogP contribution in [0.1, 0.15) is 22.3 Å². The van der Waals surface area contributed by atoms with E-state index in [1.165, 1.54) is 10.8 Å². The molecule has 2 aliphatic carbocycles. The molecule has 0 heterocycles. The maximum Gasteiger partial charge on any atom is 0.148 e. The molecule has 8 N–H and O–H groups in total. The van der Waals surface area contributed by atoms with Crippen LogP contribution in [0.2, 0.25) is 0 Å². The fourth-order valence-corrected chi connectivity index (χ4v) is 15.9. The molecule has 2 atom stereocenters. The Bertz CT molecular complexity index is 5240. The molecule has 0 aliphatic heterocycles. The zero-order valence-corrected chi connectivity index (χ0v) is 52.0. The monoisotopic (exact) mass is 1210 g/mol. The number of fused-ring (bicyclic) bond motifs is 9. The van der Waals surface area contributed by atoms with Gasteiger partial charge in [0.05, 0.1) is 0 Å². The summed E-state index contributed by atoms with van der Waals surface area (Å²) in [6.07, 6.45) is 0. The number of hydrogen-bond acceptors (Lipinski definition) is 5. The topological polar surface area (TPSA) is 102 Å². The Morgan fingerprint density at radius 2 is 0.574 bits per heavy atom. The number of para-hydroxylation sites is 6. The van der Waals surface area contributed by atoms with E-state index in [1.54, 1.807) is 0 Å². The van der Waals surface area contributed by atoms with Crippen molar-refractivity contribution in [2.75, 3.05) is 7.05 Å². The number of nitrogens with one attached hydrogen (secondary N) is 2. The number of nitrogens with two attached hydrogens (primary N) is 3. The van der Waals surface area contributed by atoms with E-state index in [0.29, 0.717) is 8.97 Å². The van der Waals surface area contributed by atoms with Gasteiger partial charge in [0.2, 0.25) is 0 Å². The Morgan fingerprint density at radius 3 is 1.00 bits per heavy atom. The van der Waals surface area contributed by atoms with Crippen LogP contribution in [0.25, 0.3) is 88.0 Å². The van der Waals surface area contributed by atoms with E-state index in [1.807, 2.05) is 7.05 Å². The fourth-order valence-electron chi connectivity index (χ4n) is 15.9. The first-order valence-electron chi connectivity index (χ1n) is 32.2. The number of hydrogen-bond donors (Lipinski definition) is 5. The van der Waals surface area contributed by atoms with Gasteiger partial charge in [0.15, 0.2) is 0 Å². The lowest BCUT2D eigenvalue weighted by molar-refractivity contribution is 0.437. The van der Waals surface area contributed by atoms with Crippen LogP contribution in [-0.2, 0) is 11.3 Å². The molecule has 0 amide bonds. The first-order chi connectivity index (χ1) is 46.2. The van der Waals surface area contributed by atoms with Crippen LogP contribution in [-0.4, -0.2) is 7.05 Å². The molecular formula is C87H67N7+2. The van der Waals surface area contributed by atoms with Crippen molar-refractivity contribution in [3.8, 4) is 55.6 Å². The summed E-state index contributed by atoms with van der Waals surface area (Å²) < 4.78 is 0.674. The summed E-state index contributed by atoms with van der Waals surface area (Å²) in [6, 6.07) is 123. The van der Waals surface area contributed by atoms with Crippen LogP contribution in [0.15, 0.2) is 340 Å². The van der Waals surface area contributed by atoms with E-state index >= 15 is 0 Å². The van der Waals surface area contributed by atoms with Crippen molar-refractivity contribution in [2.24, 2.45) is 17.3 Å². The summed E-state index contributed by atoms with van der Waals surface area (Å²) >= 11 is 0. The molecule has 94 heavy (non-hydrogen) atoms. The molecule has 0 saturated heterocycles. The Hall–Kier alpha value is -11.2. The van der Waals surface area contributed by atoms with Gasteiger partial charge < -0.3 is 11.5 Å². The third-order valence-corrected chi connectivity index (χ3v) is 20.3. The second kappa shape index (κ2) is 22.3. The molecular weight excluding hydrogens is 1140 g/mol. The lowest BCUT2D eigenvalue weighted by Gasteiger charge is -2.38. The summed E-state index contributed by atoms with van der Waals surface area (Å²) in [5, 5.41) is 10.5. The highest BCUT2D eigenvalue weighted by atomic mass is 15.4. The Morgan fingerprint density at radius 1 is 0.255 bits per heavy atom. The average Bonchev–Trinajstić information content (AvgIpc) is 1.42. The molecule has 15 aromatic carbocycles. The van der Waals surface area contributed by atoms with Crippen molar-refractivity contribution < 1.29 is 0 Å². The SMILES string of the molecule is CNC1(N)c2cc(-c3c4ccccc4c(-c4ccc5c(c4)C(N)(NN)c4cc([N+](c6ccccc6)(c6ccccc6)c6ccccc6)ccc4-5)c4cc(-c5ccc6ccccc6c5)ccc34)ccc2-c2ccc([N+](c3ccccc3)(c3ccccc3)c3ccccc3)cc21. The minimum atomic E-state index is -1.28. The molecule has 17 rings (SSSR count). The largest absolute Gasteiger partial charge is 0.306 e. The van der Waals surface area contributed by atoms with Crippen molar-refractivity contribution in [2.45, 2.75) is 11.3 Å². The van der Waals surface area contributed by atoms with Crippen LogP contribution >= 0.6 is 0 Å². The Kier molecular flexibility index (Phi) is 13.5. The predicted molar refractivity (Wildman–Crippen MR) is 393 cm³/mol. The van der Waals surface area contributed by atoms with Crippen molar-refractivity contribution in [3.05, 3.63) is 362 Å². The number of rotatable bonds is 13. The van der Waals surface area contributed by atoms with Crippen LogP contribution in [0.5, 0.6) is 0 Å². The lowest BCUT2D eigenvalue weighted by atomic mass is 9.83. The van der Waals surface area contributed by atoms with Crippen molar-refractivity contribution >= 4 is 77.8 Å². The minimum absolute atomic E-state index is 0.319. The smallest absolute Gasteiger partial charge is 0.148 e. The molecule has 0 aromatic heterocycles. The zero-order chi connectivity index (χ0) is 63.2. The molecule has 2 unspecified atom stereocenters. The molecule has 0 saturated carbocycles. The van der Waals surface area contributed by atoms with E-state index in [-0.39, 0.29) is 0 Å². The third kappa shape index (κ3) is 8.45. The van der Waals surface area contributed by atoms with Gasteiger partial charge >= 0.3 is 0 Å². The predicted octanol–water partition coefficient (Wildman–Crippen LogP) is 20.7. The highest BCUT2D eigenvalue weighted by Gasteiger charge is 2.47. The zero-order valence-electron chi connectivity index (χ0n) is 52.0. The summed E-state index contributed by atoms with van der Waals surface area (Å²) in [7, 11) is 1.98. The van der Waals surface area contributed by atoms with Gasteiger partial charge in [-0.1, -0.05) is 206 Å². The second-order valence-electron chi connectivity index (χ2n) is 25.0. The third-order valence-electron chi connectivity index (χ3n) is 20.3. The second-order valence-corrected chi connectivity index (χ2v) is 25.0. The number of hydrazine groups is 1. The summed E-state index contributed by atoms with van der Waals surface area (Å²) in [5.41, 5.74) is 40.0. The van der Waals surface area contributed by atoms with Gasteiger partial charge in [-0.15, -0.1) is 0 Å². The molecule has 7 heteroatoms. The Balaban J connectivity index is 0.849. The van der Waals surface area contributed by atoms with Gasteiger partial charge in [-0.2, -0.15) is 8.97 Å². The summed E-state index contributed by atoms with van der Waals surface area (Å²) in [5.74, 6) is 6.87. The number of nitrogens with zero attached hydrogens (tertiary/aromatic N) is 2. The van der Waals surface area contributed by atoms with Crippen molar-refractivity contribution in [3.63, 3.8) is 0 Å². The van der Waals surface area contributed by atoms with Crippen molar-refractivity contribution in [1.29, 1.82) is 0 Å². The highest BCUT2D eigenvalue weighted by Crippen LogP contribution is 2.58. The fraction of sp³-hybridized carbons (Fsp3) is 0.0345. The summed E-state index contributed by atoms with van der Waals surface area (Å²) in [4.78, 5) is 0. The van der Waals surface area contributed by atoms with E-state index in [4.69, 9.17) is 17.3 Å². The van der Waals surface area contributed by atoms with Gasteiger partial charge in [-0.3, -0.25) is 11.2 Å². The van der Waals surface area contributed by atoms with Gasteiger partial charge in [0, 0.05) is 114 Å². The van der Waals surface area contributed by atoms with E-state index < -0.39 is 11.3 Å². The van der Waals surface area contributed by atoms with Crippen LogP contribution in [0.3, 0.4) is 0 Å². The maximum absolute atomic E-state index is 7.98. The molecule has 0 bridgehead atoms. The molecule has 15 aromatic rings. The molecule has 0 radical (unpaired) electrons. The van der Waals surface area contributed by atoms with E-state index in [9.17, 15) is 0 Å².